The number of pyridine rings is 1. The highest BCUT2D eigenvalue weighted by Crippen LogP contribution is 2.29. The van der Waals surface area contributed by atoms with Crippen LogP contribution in [0.25, 0.3) is 0 Å². The Hall–Kier alpha value is -1.21. The maximum atomic E-state index is 8.82. The van der Waals surface area contributed by atoms with E-state index in [1.165, 1.54) is 25.7 Å². The molecule has 1 saturated carbocycles. The second kappa shape index (κ2) is 5.92. The highest BCUT2D eigenvalue weighted by molar-refractivity contribution is 7.99. The van der Waals surface area contributed by atoms with Gasteiger partial charge in [-0.3, -0.25) is 0 Å². The average Bonchev–Trinajstić information content (AvgIpc) is 2.39. The number of anilines is 1. The molecule has 1 N–H and O–H groups in total. The Bertz CT molecular complexity index is 413. The molecule has 0 aliphatic heterocycles. The van der Waals surface area contributed by atoms with E-state index in [1.54, 1.807) is 6.20 Å². The number of nitriles is 1. The van der Waals surface area contributed by atoms with Crippen LogP contribution < -0.4 is 5.32 Å². The van der Waals surface area contributed by atoms with Crippen molar-refractivity contribution in [2.75, 3.05) is 11.6 Å². The second-order valence-electron chi connectivity index (χ2n) is 4.35. The molecule has 1 aromatic heterocycles. The lowest BCUT2D eigenvalue weighted by Crippen LogP contribution is -2.34. The zero-order chi connectivity index (χ0) is 12.1. The topological polar surface area (TPSA) is 48.7 Å². The molecule has 2 rings (SSSR count). The first kappa shape index (κ1) is 12.3. The van der Waals surface area contributed by atoms with E-state index in [9.17, 15) is 0 Å². The zero-order valence-electron chi connectivity index (χ0n) is 10.0. The standard InChI is InChI=1S/C13H17N3S/c1-17-13-5-3-2-4-12(13)16-10-6-7-15-11(8-10)9-14/h6-8,12-13H,2-5H2,1H3,(H,15,16). The fourth-order valence-electron chi connectivity index (χ4n) is 2.34. The van der Waals surface area contributed by atoms with Gasteiger partial charge in [-0.1, -0.05) is 12.8 Å². The molecule has 90 valence electrons. The molecule has 2 unspecified atom stereocenters. The van der Waals surface area contributed by atoms with Crippen LogP contribution in [0, 0.1) is 11.3 Å². The Kier molecular flexibility index (Phi) is 4.27. The molecule has 2 atom stereocenters. The van der Waals surface area contributed by atoms with Gasteiger partial charge in [-0.15, -0.1) is 0 Å². The lowest BCUT2D eigenvalue weighted by Gasteiger charge is -2.31. The lowest BCUT2D eigenvalue weighted by molar-refractivity contribution is 0.475. The molecule has 1 aliphatic rings. The molecule has 0 amide bonds. The summed E-state index contributed by atoms with van der Waals surface area (Å²) in [7, 11) is 0. The lowest BCUT2D eigenvalue weighted by atomic mass is 9.94. The summed E-state index contributed by atoms with van der Waals surface area (Å²) in [6.07, 6.45) is 9.01. The predicted octanol–water partition coefficient (Wildman–Crippen LogP) is 3.04. The first-order valence-corrected chi connectivity index (χ1v) is 7.28. The summed E-state index contributed by atoms with van der Waals surface area (Å²) in [5.41, 5.74) is 1.49. The van der Waals surface area contributed by atoms with Gasteiger partial charge in [0.05, 0.1) is 0 Å². The highest BCUT2D eigenvalue weighted by Gasteiger charge is 2.23. The van der Waals surface area contributed by atoms with Gasteiger partial charge >= 0.3 is 0 Å². The van der Waals surface area contributed by atoms with Gasteiger partial charge in [-0.25, -0.2) is 4.98 Å². The Morgan fingerprint density at radius 2 is 2.29 bits per heavy atom. The summed E-state index contributed by atoms with van der Waals surface area (Å²) < 4.78 is 0. The number of thioether (sulfide) groups is 1. The molecule has 0 spiro atoms. The molecule has 1 fully saturated rings. The fraction of sp³-hybridized carbons (Fsp3) is 0.538. The van der Waals surface area contributed by atoms with Crippen LogP contribution in [-0.2, 0) is 0 Å². The Labute approximate surface area is 107 Å². The van der Waals surface area contributed by atoms with E-state index in [-0.39, 0.29) is 0 Å². The van der Waals surface area contributed by atoms with Crippen molar-refractivity contribution in [3.05, 3.63) is 24.0 Å². The Morgan fingerprint density at radius 1 is 1.47 bits per heavy atom. The summed E-state index contributed by atoms with van der Waals surface area (Å²) >= 11 is 1.94. The normalized spacial score (nSPS) is 24.0. The first-order valence-electron chi connectivity index (χ1n) is 5.99. The molecule has 0 radical (unpaired) electrons. The highest BCUT2D eigenvalue weighted by atomic mass is 32.2. The van der Waals surface area contributed by atoms with Crippen LogP contribution in [0.2, 0.25) is 0 Å². The first-order chi connectivity index (χ1) is 8.33. The Balaban J connectivity index is 2.06. The minimum absolute atomic E-state index is 0.478. The summed E-state index contributed by atoms with van der Waals surface area (Å²) in [5, 5.41) is 13.0. The van der Waals surface area contributed by atoms with E-state index in [1.807, 2.05) is 23.9 Å². The van der Waals surface area contributed by atoms with Gasteiger partial charge in [0.1, 0.15) is 11.8 Å². The Morgan fingerprint density at radius 3 is 3.06 bits per heavy atom. The van der Waals surface area contributed by atoms with Crippen molar-refractivity contribution < 1.29 is 0 Å². The van der Waals surface area contributed by atoms with E-state index >= 15 is 0 Å². The van der Waals surface area contributed by atoms with Crippen molar-refractivity contribution in [1.29, 1.82) is 5.26 Å². The second-order valence-corrected chi connectivity index (χ2v) is 5.43. The number of hydrogen-bond donors (Lipinski definition) is 1. The van der Waals surface area contributed by atoms with Crippen molar-refractivity contribution in [2.24, 2.45) is 0 Å². The van der Waals surface area contributed by atoms with Crippen LogP contribution in [0.3, 0.4) is 0 Å². The average molecular weight is 247 g/mol. The molecule has 0 saturated heterocycles. The van der Waals surface area contributed by atoms with E-state index in [0.29, 0.717) is 17.0 Å². The molecule has 1 heterocycles. The maximum absolute atomic E-state index is 8.82. The minimum Gasteiger partial charge on any atom is -0.381 e. The van der Waals surface area contributed by atoms with Crippen molar-refractivity contribution in [3.8, 4) is 6.07 Å². The predicted molar refractivity (Wildman–Crippen MR) is 72.1 cm³/mol. The quantitative estimate of drug-likeness (QED) is 0.892. The summed E-state index contributed by atoms with van der Waals surface area (Å²) in [6, 6.07) is 6.36. The fourth-order valence-corrected chi connectivity index (χ4v) is 3.27. The van der Waals surface area contributed by atoms with Gasteiger partial charge in [-0.2, -0.15) is 17.0 Å². The van der Waals surface area contributed by atoms with Crippen molar-refractivity contribution >= 4 is 17.4 Å². The van der Waals surface area contributed by atoms with Gasteiger partial charge < -0.3 is 5.32 Å². The van der Waals surface area contributed by atoms with Crippen LogP contribution in [0.1, 0.15) is 31.4 Å². The van der Waals surface area contributed by atoms with Crippen LogP contribution >= 0.6 is 11.8 Å². The molecule has 0 aromatic carbocycles. The van der Waals surface area contributed by atoms with Crippen LogP contribution in [-0.4, -0.2) is 22.5 Å². The largest absolute Gasteiger partial charge is 0.381 e. The third-order valence-corrected chi connectivity index (χ3v) is 4.40. The van der Waals surface area contributed by atoms with Crippen LogP contribution in [0.5, 0.6) is 0 Å². The van der Waals surface area contributed by atoms with Crippen molar-refractivity contribution in [1.82, 2.24) is 4.98 Å². The summed E-state index contributed by atoms with van der Waals surface area (Å²) in [5.74, 6) is 0. The molecule has 17 heavy (non-hydrogen) atoms. The number of hydrogen-bond acceptors (Lipinski definition) is 4. The number of nitrogens with zero attached hydrogens (tertiary/aromatic N) is 2. The zero-order valence-corrected chi connectivity index (χ0v) is 10.8. The van der Waals surface area contributed by atoms with Crippen LogP contribution in [0.15, 0.2) is 18.3 Å². The van der Waals surface area contributed by atoms with Crippen LogP contribution in [0.4, 0.5) is 5.69 Å². The third kappa shape index (κ3) is 3.13. The maximum Gasteiger partial charge on any atom is 0.142 e. The summed E-state index contributed by atoms with van der Waals surface area (Å²) in [4.78, 5) is 3.98. The van der Waals surface area contributed by atoms with Crippen molar-refractivity contribution in [3.63, 3.8) is 0 Å². The molecule has 3 nitrogen and oxygen atoms in total. The molecular formula is C13H17N3S. The monoisotopic (exact) mass is 247 g/mol. The van der Waals surface area contributed by atoms with E-state index in [2.05, 4.69) is 22.6 Å². The van der Waals surface area contributed by atoms with Gasteiger partial charge in [-0.05, 0) is 31.2 Å². The van der Waals surface area contributed by atoms with E-state index < -0.39 is 0 Å². The molecule has 1 aromatic rings. The van der Waals surface area contributed by atoms with Gasteiger partial charge in [0.25, 0.3) is 0 Å². The SMILES string of the molecule is CSC1CCCCC1Nc1ccnc(C#N)c1. The summed E-state index contributed by atoms with van der Waals surface area (Å²) in [6.45, 7) is 0. The number of rotatable bonds is 3. The molecule has 0 bridgehead atoms. The van der Waals surface area contributed by atoms with Gasteiger partial charge in [0.2, 0.25) is 0 Å². The van der Waals surface area contributed by atoms with E-state index in [4.69, 9.17) is 5.26 Å². The minimum atomic E-state index is 0.478. The van der Waals surface area contributed by atoms with Gasteiger partial charge in [0.15, 0.2) is 0 Å². The number of aromatic nitrogens is 1. The van der Waals surface area contributed by atoms with Crippen molar-refractivity contribution in [2.45, 2.75) is 37.0 Å². The number of nitrogens with one attached hydrogen (secondary N) is 1. The third-order valence-electron chi connectivity index (χ3n) is 3.23. The molecule has 1 aliphatic carbocycles. The van der Waals surface area contributed by atoms with E-state index in [0.717, 1.165) is 5.69 Å². The van der Waals surface area contributed by atoms with Gasteiger partial charge in [0, 0.05) is 23.2 Å². The molecule has 4 heteroatoms. The molecular weight excluding hydrogens is 230 g/mol. The smallest absolute Gasteiger partial charge is 0.142 e.